The smallest absolute Gasteiger partial charge is 0.226 e. The molecule has 4 fully saturated rings. The van der Waals surface area contributed by atoms with Crippen LogP contribution in [-0.2, 0) is 11.2 Å². The number of aromatic nitrogens is 2. The van der Waals surface area contributed by atoms with Gasteiger partial charge in [0.25, 0.3) is 0 Å². The average molecular weight is 450 g/mol. The number of nitrogens with one attached hydrogen (secondary N) is 1. The third kappa shape index (κ3) is 3.80. The summed E-state index contributed by atoms with van der Waals surface area (Å²) in [6, 6.07) is 7.97. The molecule has 2 atom stereocenters. The van der Waals surface area contributed by atoms with E-state index in [0.717, 1.165) is 19.3 Å². The fourth-order valence-corrected chi connectivity index (χ4v) is 7.90. The second kappa shape index (κ2) is 7.58. The van der Waals surface area contributed by atoms with E-state index in [4.69, 9.17) is 5.73 Å². The minimum Gasteiger partial charge on any atom is -0.382 e. The Labute approximate surface area is 194 Å². The topological polar surface area (TPSA) is 96.7 Å². The molecule has 1 aromatic heterocycles. The molecule has 7 heteroatoms. The highest BCUT2D eigenvalue weighted by Gasteiger charge is 2.62. The van der Waals surface area contributed by atoms with Crippen molar-refractivity contribution in [2.75, 3.05) is 12.3 Å². The van der Waals surface area contributed by atoms with Crippen LogP contribution >= 0.6 is 0 Å². The van der Waals surface area contributed by atoms with Gasteiger partial charge in [0.15, 0.2) is 0 Å². The zero-order chi connectivity index (χ0) is 23.4. The van der Waals surface area contributed by atoms with Gasteiger partial charge in [-0.2, -0.15) is 10.4 Å². The van der Waals surface area contributed by atoms with Crippen LogP contribution in [0.2, 0.25) is 0 Å². The Hall–Kier alpha value is -2.88. The molecule has 0 aliphatic heterocycles. The van der Waals surface area contributed by atoms with Crippen molar-refractivity contribution in [3.63, 3.8) is 0 Å². The number of aryl methyl sites for hydroxylation is 1. The number of amides is 1. The molecule has 4 aliphatic rings. The number of halogens is 1. The number of hydrogen-bond donors (Lipinski definition) is 2. The quantitative estimate of drug-likeness (QED) is 0.634. The van der Waals surface area contributed by atoms with Crippen LogP contribution < -0.4 is 11.1 Å². The van der Waals surface area contributed by atoms with Gasteiger partial charge in [-0.1, -0.05) is 13.8 Å². The minimum absolute atomic E-state index is 0.209. The molecule has 4 bridgehead atoms. The lowest BCUT2D eigenvalue weighted by Crippen LogP contribution is -2.59. The minimum atomic E-state index is -0.344. The van der Waals surface area contributed by atoms with E-state index in [1.165, 1.54) is 36.1 Å². The molecule has 2 aromatic rings. The first-order valence-electron chi connectivity index (χ1n) is 12.0. The fourth-order valence-electron chi connectivity index (χ4n) is 7.90. The molecule has 0 saturated heterocycles. The molecule has 6 rings (SSSR count). The van der Waals surface area contributed by atoms with Crippen LogP contribution in [0.4, 0.5) is 10.2 Å². The number of nitrogen functional groups attached to an aromatic ring is 1. The van der Waals surface area contributed by atoms with Crippen LogP contribution in [0.3, 0.4) is 0 Å². The van der Waals surface area contributed by atoms with Crippen molar-refractivity contribution < 1.29 is 9.18 Å². The lowest BCUT2D eigenvalue weighted by atomic mass is 9.40. The fraction of sp³-hybridized carbons (Fsp3) is 0.577. The third-order valence-electron chi connectivity index (χ3n) is 8.16. The number of carbonyl (C=O) groups is 1. The number of nitriles is 1. The molecule has 1 amide bonds. The number of nitrogens with two attached hydrogens (primary N) is 1. The molecule has 4 aliphatic carbocycles. The first kappa shape index (κ1) is 21.9. The standard InChI is InChI=1S/C26H32FN5O/c1-24-10-17-11-25(2,14-24)16-26(12-17,15-24)23(33)30-9-3-4-21-20(13-28)22(29)32(31-21)19-7-5-18(27)6-8-19/h5-8,17H,3-4,9-12,14-16,29H2,1-2H3,(H,30,33). The predicted molar refractivity (Wildman–Crippen MR) is 124 cm³/mol. The summed E-state index contributed by atoms with van der Waals surface area (Å²) in [6.07, 6.45) is 8.05. The van der Waals surface area contributed by atoms with Crippen LogP contribution in [0, 0.1) is 39.3 Å². The highest BCUT2D eigenvalue weighted by atomic mass is 19.1. The molecule has 174 valence electrons. The summed E-state index contributed by atoms with van der Waals surface area (Å²) >= 11 is 0. The summed E-state index contributed by atoms with van der Waals surface area (Å²) in [7, 11) is 0. The molecule has 6 nitrogen and oxygen atoms in total. The van der Waals surface area contributed by atoms with Gasteiger partial charge in [0.2, 0.25) is 5.91 Å². The maximum Gasteiger partial charge on any atom is 0.226 e. The Morgan fingerprint density at radius 1 is 1.21 bits per heavy atom. The van der Waals surface area contributed by atoms with Crippen LogP contribution in [-0.4, -0.2) is 22.2 Å². The Morgan fingerprint density at radius 3 is 2.48 bits per heavy atom. The Kier molecular flexibility index (Phi) is 5.04. The van der Waals surface area contributed by atoms with Gasteiger partial charge in [-0.25, -0.2) is 9.07 Å². The number of benzene rings is 1. The molecule has 0 radical (unpaired) electrons. The molecule has 3 N–H and O–H groups in total. The van der Waals surface area contributed by atoms with E-state index in [-0.39, 0.29) is 23.0 Å². The summed E-state index contributed by atoms with van der Waals surface area (Å²) < 4.78 is 14.7. The van der Waals surface area contributed by atoms with Crippen molar-refractivity contribution in [1.29, 1.82) is 5.26 Å². The highest BCUT2D eigenvalue weighted by molar-refractivity contribution is 5.83. The maximum absolute atomic E-state index is 13.4. The molecular weight excluding hydrogens is 417 g/mol. The van der Waals surface area contributed by atoms with E-state index in [1.807, 2.05) is 0 Å². The van der Waals surface area contributed by atoms with E-state index in [2.05, 4.69) is 30.3 Å². The van der Waals surface area contributed by atoms with Crippen molar-refractivity contribution >= 4 is 11.7 Å². The van der Waals surface area contributed by atoms with Crippen molar-refractivity contribution in [3.8, 4) is 11.8 Å². The van der Waals surface area contributed by atoms with Gasteiger partial charge in [-0.05, 0) is 92.4 Å². The summed E-state index contributed by atoms with van der Waals surface area (Å²) in [5, 5.41) is 17.3. The highest BCUT2D eigenvalue weighted by Crippen LogP contribution is 2.69. The van der Waals surface area contributed by atoms with Gasteiger partial charge < -0.3 is 11.1 Å². The van der Waals surface area contributed by atoms with Crippen LogP contribution in [0.1, 0.15) is 70.1 Å². The molecule has 0 spiro atoms. The number of nitrogens with zero attached hydrogens (tertiary/aromatic N) is 3. The van der Waals surface area contributed by atoms with E-state index in [9.17, 15) is 14.4 Å². The Balaban J connectivity index is 1.23. The second-order valence-electron chi connectivity index (χ2n) is 11.5. The maximum atomic E-state index is 13.4. The first-order valence-corrected chi connectivity index (χ1v) is 12.0. The normalized spacial score (nSPS) is 32.0. The van der Waals surface area contributed by atoms with E-state index < -0.39 is 0 Å². The van der Waals surface area contributed by atoms with Gasteiger partial charge in [0, 0.05) is 6.54 Å². The van der Waals surface area contributed by atoms with Gasteiger partial charge in [-0.3, -0.25) is 4.79 Å². The van der Waals surface area contributed by atoms with Gasteiger partial charge >= 0.3 is 0 Å². The van der Waals surface area contributed by atoms with Gasteiger partial charge in [-0.15, -0.1) is 0 Å². The summed E-state index contributed by atoms with van der Waals surface area (Å²) in [4.78, 5) is 13.4. The van der Waals surface area contributed by atoms with Crippen LogP contribution in [0.15, 0.2) is 24.3 Å². The van der Waals surface area contributed by atoms with Crippen molar-refractivity contribution in [2.45, 2.75) is 65.2 Å². The number of rotatable bonds is 6. The monoisotopic (exact) mass is 449 g/mol. The summed E-state index contributed by atoms with van der Waals surface area (Å²) in [5.41, 5.74) is 8.09. The number of hydrogen-bond acceptors (Lipinski definition) is 4. The van der Waals surface area contributed by atoms with Crippen molar-refractivity contribution in [2.24, 2.45) is 22.2 Å². The lowest BCUT2D eigenvalue weighted by Gasteiger charge is -2.64. The first-order chi connectivity index (χ1) is 15.6. The van der Waals surface area contributed by atoms with E-state index in [1.54, 1.807) is 12.1 Å². The molecule has 33 heavy (non-hydrogen) atoms. The van der Waals surface area contributed by atoms with E-state index >= 15 is 0 Å². The van der Waals surface area contributed by atoms with Crippen molar-refractivity contribution in [1.82, 2.24) is 15.1 Å². The lowest BCUT2D eigenvalue weighted by molar-refractivity contribution is -0.170. The summed E-state index contributed by atoms with van der Waals surface area (Å²) in [6.45, 7) is 5.30. The van der Waals surface area contributed by atoms with Crippen molar-refractivity contribution in [3.05, 3.63) is 41.3 Å². The second-order valence-corrected chi connectivity index (χ2v) is 11.5. The van der Waals surface area contributed by atoms with Crippen LogP contribution in [0.25, 0.3) is 5.69 Å². The zero-order valence-electron chi connectivity index (χ0n) is 19.5. The number of carbonyl (C=O) groups excluding carboxylic acids is 1. The molecular formula is C26H32FN5O. The zero-order valence-corrected chi connectivity index (χ0v) is 19.5. The average Bonchev–Trinajstić information content (AvgIpc) is 3.04. The third-order valence-corrected chi connectivity index (χ3v) is 8.16. The molecule has 4 saturated carbocycles. The Morgan fingerprint density at radius 2 is 1.88 bits per heavy atom. The predicted octanol–water partition coefficient (Wildman–Crippen LogP) is 4.51. The van der Waals surface area contributed by atoms with Crippen LogP contribution in [0.5, 0.6) is 0 Å². The molecule has 2 unspecified atom stereocenters. The largest absolute Gasteiger partial charge is 0.382 e. The molecule has 1 heterocycles. The molecule has 1 aromatic carbocycles. The van der Waals surface area contributed by atoms with E-state index in [0.29, 0.717) is 53.1 Å². The Bertz CT molecular complexity index is 1110. The van der Waals surface area contributed by atoms with Gasteiger partial charge in [0.05, 0.1) is 16.8 Å². The SMILES string of the molecule is CC12CC3CC(C)(C1)CC(C(=O)NCCCc1nn(-c4ccc(F)cc4)c(N)c1C#N)(C3)C2. The number of anilines is 1. The summed E-state index contributed by atoms with van der Waals surface area (Å²) in [5.74, 6) is 0.792. The van der Waals surface area contributed by atoms with Gasteiger partial charge in [0.1, 0.15) is 23.3 Å².